The Morgan fingerprint density at radius 1 is 1.48 bits per heavy atom. The molecule has 1 rings (SSSR count). The molecule has 0 atom stereocenters. The van der Waals surface area contributed by atoms with Crippen LogP contribution in [-0.4, -0.2) is 47.6 Å². The second kappa shape index (κ2) is 10.0. The summed E-state index contributed by atoms with van der Waals surface area (Å²) in [7, 11) is 3.91. The smallest absolute Gasteiger partial charge is 0.193 e. The van der Waals surface area contributed by atoms with Gasteiger partial charge in [-0.3, -0.25) is 4.99 Å². The summed E-state index contributed by atoms with van der Waals surface area (Å²) in [5.41, 5.74) is 0. The lowest BCUT2D eigenvalue weighted by atomic mass is 10.3. The summed E-state index contributed by atoms with van der Waals surface area (Å²) in [6.07, 6.45) is 10.3. The first-order valence-electron chi connectivity index (χ1n) is 7.69. The van der Waals surface area contributed by atoms with Gasteiger partial charge in [-0.15, -0.1) is 6.58 Å². The number of aryl methyl sites for hydroxylation is 2. The number of unbranched alkanes of at least 4 members (excludes halogenated alkanes) is 2. The summed E-state index contributed by atoms with van der Waals surface area (Å²) >= 11 is 0. The van der Waals surface area contributed by atoms with E-state index in [1.165, 1.54) is 0 Å². The molecule has 118 valence electrons. The second-order valence-corrected chi connectivity index (χ2v) is 5.20. The van der Waals surface area contributed by atoms with E-state index in [-0.39, 0.29) is 0 Å². The van der Waals surface area contributed by atoms with Crippen molar-refractivity contribution in [3.8, 4) is 0 Å². The van der Waals surface area contributed by atoms with Crippen LogP contribution >= 0.6 is 0 Å². The Morgan fingerprint density at radius 3 is 2.90 bits per heavy atom. The fourth-order valence-electron chi connectivity index (χ4n) is 2.21. The SMILES string of the molecule is C=CCCCN(C)C(=NC)NCCCCn1ccnc1C. The minimum Gasteiger partial charge on any atom is -0.356 e. The van der Waals surface area contributed by atoms with Gasteiger partial charge in [0.2, 0.25) is 0 Å². The molecule has 1 heterocycles. The third kappa shape index (κ3) is 6.47. The van der Waals surface area contributed by atoms with Crippen LogP contribution in [0.25, 0.3) is 0 Å². The number of allylic oxidation sites excluding steroid dienone is 1. The zero-order valence-electron chi connectivity index (χ0n) is 13.7. The van der Waals surface area contributed by atoms with E-state index in [9.17, 15) is 0 Å². The molecule has 1 N–H and O–H groups in total. The highest BCUT2D eigenvalue weighted by Gasteiger charge is 2.04. The predicted octanol–water partition coefficient (Wildman–Crippen LogP) is 2.45. The molecule has 5 heteroatoms. The van der Waals surface area contributed by atoms with Crippen molar-refractivity contribution in [3.05, 3.63) is 30.9 Å². The van der Waals surface area contributed by atoms with Crippen LogP contribution < -0.4 is 5.32 Å². The minimum atomic E-state index is 0.951. The van der Waals surface area contributed by atoms with E-state index in [1.54, 1.807) is 0 Å². The van der Waals surface area contributed by atoms with Gasteiger partial charge < -0.3 is 14.8 Å². The zero-order valence-corrected chi connectivity index (χ0v) is 13.7. The highest BCUT2D eigenvalue weighted by Crippen LogP contribution is 1.99. The van der Waals surface area contributed by atoms with Crippen LogP contribution in [0.15, 0.2) is 30.0 Å². The molecule has 1 aromatic heterocycles. The van der Waals surface area contributed by atoms with Crippen molar-refractivity contribution < 1.29 is 0 Å². The van der Waals surface area contributed by atoms with Gasteiger partial charge in [-0.25, -0.2) is 4.98 Å². The van der Waals surface area contributed by atoms with Crippen LogP contribution in [0.4, 0.5) is 0 Å². The normalized spacial score (nSPS) is 11.5. The van der Waals surface area contributed by atoms with Crippen LogP contribution in [0, 0.1) is 6.92 Å². The van der Waals surface area contributed by atoms with E-state index in [0.717, 1.165) is 57.1 Å². The Morgan fingerprint density at radius 2 is 2.29 bits per heavy atom. The summed E-state index contributed by atoms with van der Waals surface area (Å²) in [5.74, 6) is 2.05. The number of hydrogen-bond donors (Lipinski definition) is 1. The van der Waals surface area contributed by atoms with Crippen molar-refractivity contribution in [2.24, 2.45) is 4.99 Å². The predicted molar refractivity (Wildman–Crippen MR) is 89.6 cm³/mol. The molecule has 0 aliphatic heterocycles. The molecule has 1 aromatic rings. The summed E-state index contributed by atoms with van der Waals surface area (Å²) in [4.78, 5) is 10.7. The molecule has 5 nitrogen and oxygen atoms in total. The van der Waals surface area contributed by atoms with Gasteiger partial charge in [0.1, 0.15) is 5.82 Å². The molecule has 0 amide bonds. The molecule has 0 spiro atoms. The van der Waals surface area contributed by atoms with Gasteiger partial charge in [-0.2, -0.15) is 0 Å². The van der Waals surface area contributed by atoms with E-state index in [4.69, 9.17) is 0 Å². The van der Waals surface area contributed by atoms with Crippen LogP contribution in [0.3, 0.4) is 0 Å². The zero-order chi connectivity index (χ0) is 15.5. The van der Waals surface area contributed by atoms with Crippen molar-refractivity contribution in [3.63, 3.8) is 0 Å². The molecule has 0 aliphatic carbocycles. The van der Waals surface area contributed by atoms with Gasteiger partial charge in [0.15, 0.2) is 5.96 Å². The van der Waals surface area contributed by atoms with E-state index >= 15 is 0 Å². The Bertz CT molecular complexity index is 436. The molecule has 0 fully saturated rings. The first kappa shape index (κ1) is 17.3. The first-order chi connectivity index (χ1) is 10.2. The monoisotopic (exact) mass is 291 g/mol. The third-order valence-electron chi connectivity index (χ3n) is 3.51. The highest BCUT2D eigenvalue weighted by molar-refractivity contribution is 5.79. The van der Waals surface area contributed by atoms with E-state index in [0.29, 0.717) is 0 Å². The van der Waals surface area contributed by atoms with Gasteiger partial charge in [0.05, 0.1) is 0 Å². The number of rotatable bonds is 9. The number of guanidine groups is 1. The van der Waals surface area contributed by atoms with Crippen molar-refractivity contribution in [1.82, 2.24) is 19.8 Å². The van der Waals surface area contributed by atoms with Crippen molar-refractivity contribution >= 4 is 5.96 Å². The van der Waals surface area contributed by atoms with Gasteiger partial charge in [0.25, 0.3) is 0 Å². The number of nitrogens with zero attached hydrogens (tertiary/aromatic N) is 4. The Kier molecular flexibility index (Phi) is 8.24. The lowest BCUT2D eigenvalue weighted by molar-refractivity contribution is 0.467. The molecule has 0 saturated carbocycles. The van der Waals surface area contributed by atoms with E-state index in [1.807, 2.05) is 32.4 Å². The maximum absolute atomic E-state index is 4.32. The van der Waals surface area contributed by atoms with Crippen LogP contribution in [0.1, 0.15) is 31.5 Å². The molecular formula is C16H29N5. The van der Waals surface area contributed by atoms with Gasteiger partial charge >= 0.3 is 0 Å². The van der Waals surface area contributed by atoms with E-state index in [2.05, 4.69) is 38.4 Å². The fourth-order valence-corrected chi connectivity index (χ4v) is 2.21. The maximum Gasteiger partial charge on any atom is 0.193 e. The first-order valence-corrected chi connectivity index (χ1v) is 7.69. The number of hydrogen-bond acceptors (Lipinski definition) is 2. The average Bonchev–Trinajstić information content (AvgIpc) is 2.88. The summed E-state index contributed by atoms with van der Waals surface area (Å²) in [6, 6.07) is 0. The minimum absolute atomic E-state index is 0.951. The summed E-state index contributed by atoms with van der Waals surface area (Å²) < 4.78 is 2.19. The summed E-state index contributed by atoms with van der Waals surface area (Å²) in [5, 5.41) is 3.42. The molecule has 0 saturated heterocycles. The Hall–Kier alpha value is -1.78. The molecular weight excluding hydrogens is 262 g/mol. The maximum atomic E-state index is 4.32. The molecule has 21 heavy (non-hydrogen) atoms. The Labute approximate surface area is 128 Å². The quantitative estimate of drug-likeness (QED) is 0.329. The van der Waals surface area contributed by atoms with Gasteiger partial charge in [0, 0.05) is 46.1 Å². The molecule has 0 aromatic carbocycles. The molecule has 0 bridgehead atoms. The summed E-state index contributed by atoms with van der Waals surface area (Å²) in [6.45, 7) is 8.77. The molecule has 0 aliphatic rings. The number of nitrogens with one attached hydrogen (secondary N) is 1. The second-order valence-electron chi connectivity index (χ2n) is 5.20. The van der Waals surface area contributed by atoms with Crippen LogP contribution in [-0.2, 0) is 6.54 Å². The fraction of sp³-hybridized carbons (Fsp3) is 0.625. The number of imidazole rings is 1. The van der Waals surface area contributed by atoms with Crippen LogP contribution in [0.2, 0.25) is 0 Å². The topological polar surface area (TPSA) is 45.5 Å². The molecule has 0 radical (unpaired) electrons. The van der Waals surface area contributed by atoms with Crippen molar-refractivity contribution in [2.45, 2.75) is 39.2 Å². The molecule has 0 unspecified atom stereocenters. The standard InChI is InChI=1S/C16H29N5/c1-5-6-8-12-20(4)16(17-3)19-10-7-9-13-21-14-11-18-15(21)2/h5,11,14H,1,6-10,12-13H2,2-4H3,(H,17,19). The van der Waals surface area contributed by atoms with Crippen molar-refractivity contribution in [2.75, 3.05) is 27.2 Å². The number of aromatic nitrogens is 2. The number of aliphatic imine (C=N–C) groups is 1. The van der Waals surface area contributed by atoms with Gasteiger partial charge in [-0.1, -0.05) is 6.08 Å². The highest BCUT2D eigenvalue weighted by atomic mass is 15.3. The van der Waals surface area contributed by atoms with Gasteiger partial charge in [-0.05, 0) is 32.6 Å². The van der Waals surface area contributed by atoms with Crippen LogP contribution in [0.5, 0.6) is 0 Å². The van der Waals surface area contributed by atoms with E-state index < -0.39 is 0 Å². The lowest BCUT2D eigenvalue weighted by Gasteiger charge is -2.21. The third-order valence-corrected chi connectivity index (χ3v) is 3.51. The average molecular weight is 291 g/mol. The Balaban J connectivity index is 2.17. The largest absolute Gasteiger partial charge is 0.356 e. The van der Waals surface area contributed by atoms with Crippen molar-refractivity contribution in [1.29, 1.82) is 0 Å². The lowest BCUT2D eigenvalue weighted by Crippen LogP contribution is -2.39.